The average Bonchev–Trinajstić information content (AvgIpc) is 2.80. The maximum Gasteiger partial charge on any atom is 0.245 e. The smallest absolute Gasteiger partial charge is 0.245 e. The zero-order valence-electron chi connectivity index (χ0n) is 8.83. The van der Waals surface area contributed by atoms with E-state index in [1.54, 1.807) is 17.0 Å². The topological polar surface area (TPSA) is 20.3 Å². The predicted molar refractivity (Wildman–Crippen MR) is 60.8 cm³/mol. The lowest BCUT2D eigenvalue weighted by Gasteiger charge is -2.19. The number of hydrogen-bond acceptors (Lipinski definition) is 1. The van der Waals surface area contributed by atoms with E-state index in [2.05, 4.69) is 0 Å². The molecule has 0 spiro atoms. The molecule has 0 aromatic heterocycles. The van der Waals surface area contributed by atoms with Gasteiger partial charge in [0.25, 0.3) is 0 Å². The fourth-order valence-electron chi connectivity index (χ4n) is 1.90. The zero-order valence-corrected chi connectivity index (χ0v) is 9.58. The Morgan fingerprint density at radius 1 is 1.38 bits per heavy atom. The lowest BCUT2D eigenvalue weighted by Crippen LogP contribution is -2.30. The van der Waals surface area contributed by atoms with Gasteiger partial charge in [0, 0.05) is 13.1 Å². The van der Waals surface area contributed by atoms with Crippen molar-refractivity contribution in [3.8, 4) is 0 Å². The standard InChI is InChI=1S/C12H13ClFNO/c13-11(9-4-3-5-10(14)8-9)12(16)15-6-1-2-7-15/h3-5,8,11H,1-2,6-7H2. The first-order valence-electron chi connectivity index (χ1n) is 5.37. The Morgan fingerprint density at radius 2 is 2.06 bits per heavy atom. The van der Waals surface area contributed by atoms with Gasteiger partial charge in [-0.2, -0.15) is 0 Å². The van der Waals surface area contributed by atoms with Crippen molar-refractivity contribution in [2.45, 2.75) is 18.2 Å². The van der Waals surface area contributed by atoms with Gasteiger partial charge in [-0.15, -0.1) is 11.6 Å². The van der Waals surface area contributed by atoms with Crippen LogP contribution < -0.4 is 0 Å². The number of carbonyl (C=O) groups excluding carboxylic acids is 1. The van der Waals surface area contributed by atoms with Crippen molar-refractivity contribution in [2.24, 2.45) is 0 Å². The fourth-order valence-corrected chi connectivity index (χ4v) is 2.18. The zero-order chi connectivity index (χ0) is 11.5. The van der Waals surface area contributed by atoms with Gasteiger partial charge in [0.1, 0.15) is 11.2 Å². The van der Waals surface area contributed by atoms with E-state index in [1.165, 1.54) is 12.1 Å². The molecule has 0 N–H and O–H groups in total. The quantitative estimate of drug-likeness (QED) is 0.729. The molecule has 0 aliphatic carbocycles. The van der Waals surface area contributed by atoms with Crippen molar-refractivity contribution >= 4 is 17.5 Å². The first-order chi connectivity index (χ1) is 7.68. The summed E-state index contributed by atoms with van der Waals surface area (Å²) in [6.45, 7) is 1.52. The minimum atomic E-state index is -0.770. The summed E-state index contributed by atoms with van der Waals surface area (Å²) in [7, 11) is 0. The van der Waals surface area contributed by atoms with Gasteiger partial charge in [0.15, 0.2) is 0 Å². The van der Waals surface area contributed by atoms with E-state index in [0.29, 0.717) is 5.56 Å². The monoisotopic (exact) mass is 241 g/mol. The minimum Gasteiger partial charge on any atom is -0.341 e. The number of carbonyl (C=O) groups is 1. The van der Waals surface area contributed by atoms with Gasteiger partial charge in [-0.3, -0.25) is 4.79 Å². The van der Waals surface area contributed by atoms with Crippen molar-refractivity contribution in [3.63, 3.8) is 0 Å². The summed E-state index contributed by atoms with van der Waals surface area (Å²) in [5, 5.41) is -0.770. The molecule has 1 heterocycles. The summed E-state index contributed by atoms with van der Waals surface area (Å²) < 4.78 is 13.0. The lowest BCUT2D eigenvalue weighted by atomic mass is 10.1. The van der Waals surface area contributed by atoms with E-state index >= 15 is 0 Å². The van der Waals surface area contributed by atoms with Crippen molar-refractivity contribution in [1.82, 2.24) is 4.90 Å². The number of likely N-dealkylation sites (tertiary alicyclic amines) is 1. The van der Waals surface area contributed by atoms with E-state index < -0.39 is 5.38 Å². The molecule has 1 aromatic rings. The minimum absolute atomic E-state index is 0.121. The van der Waals surface area contributed by atoms with E-state index in [1.807, 2.05) is 0 Å². The van der Waals surface area contributed by atoms with Crippen LogP contribution in [-0.4, -0.2) is 23.9 Å². The number of alkyl halides is 1. The van der Waals surface area contributed by atoms with Crippen molar-refractivity contribution in [2.75, 3.05) is 13.1 Å². The van der Waals surface area contributed by atoms with Crippen LogP contribution in [0.5, 0.6) is 0 Å². The van der Waals surface area contributed by atoms with Crippen LogP contribution in [-0.2, 0) is 4.79 Å². The molecule has 1 amide bonds. The van der Waals surface area contributed by atoms with Gasteiger partial charge in [-0.1, -0.05) is 12.1 Å². The van der Waals surface area contributed by atoms with Crippen molar-refractivity contribution in [1.29, 1.82) is 0 Å². The molecule has 1 saturated heterocycles. The van der Waals surface area contributed by atoms with E-state index in [4.69, 9.17) is 11.6 Å². The second kappa shape index (κ2) is 4.83. The summed E-state index contributed by atoms with van der Waals surface area (Å²) in [5.74, 6) is -0.484. The summed E-state index contributed by atoms with van der Waals surface area (Å²) in [6.07, 6.45) is 2.05. The molecule has 0 bridgehead atoms. The molecule has 0 radical (unpaired) electrons. The molecule has 2 nitrogen and oxygen atoms in total. The van der Waals surface area contributed by atoms with Crippen LogP contribution in [0, 0.1) is 5.82 Å². The van der Waals surface area contributed by atoms with E-state index in [9.17, 15) is 9.18 Å². The second-order valence-electron chi connectivity index (χ2n) is 3.95. The molecule has 0 saturated carbocycles. The van der Waals surface area contributed by atoms with E-state index in [-0.39, 0.29) is 11.7 Å². The lowest BCUT2D eigenvalue weighted by molar-refractivity contribution is -0.129. The maximum atomic E-state index is 13.0. The molecule has 1 unspecified atom stereocenters. The molecule has 2 rings (SSSR count). The second-order valence-corrected chi connectivity index (χ2v) is 4.39. The highest BCUT2D eigenvalue weighted by Gasteiger charge is 2.26. The van der Waals surface area contributed by atoms with Crippen LogP contribution in [0.25, 0.3) is 0 Å². The largest absolute Gasteiger partial charge is 0.341 e. The Kier molecular flexibility index (Phi) is 3.44. The first kappa shape index (κ1) is 11.4. The first-order valence-corrected chi connectivity index (χ1v) is 5.80. The Labute approximate surface area is 99.0 Å². The van der Waals surface area contributed by atoms with Crippen LogP contribution in [0.4, 0.5) is 4.39 Å². The number of benzene rings is 1. The summed E-state index contributed by atoms with van der Waals surface area (Å²) in [5.41, 5.74) is 0.526. The Balaban J connectivity index is 2.11. The molecule has 4 heteroatoms. The van der Waals surface area contributed by atoms with E-state index in [0.717, 1.165) is 25.9 Å². The van der Waals surface area contributed by atoms with Gasteiger partial charge in [0.2, 0.25) is 5.91 Å². The third-order valence-electron chi connectivity index (χ3n) is 2.78. The molecular formula is C12H13ClFNO. The summed E-state index contributed by atoms with van der Waals surface area (Å²) >= 11 is 6.05. The molecular weight excluding hydrogens is 229 g/mol. The molecule has 1 fully saturated rings. The predicted octanol–water partition coefficient (Wildman–Crippen LogP) is 2.73. The highest BCUT2D eigenvalue weighted by molar-refractivity contribution is 6.30. The molecule has 1 aliphatic rings. The highest BCUT2D eigenvalue weighted by atomic mass is 35.5. The number of nitrogens with zero attached hydrogens (tertiary/aromatic N) is 1. The van der Waals surface area contributed by atoms with Crippen LogP contribution in [0.3, 0.4) is 0 Å². The van der Waals surface area contributed by atoms with Crippen LogP contribution in [0.2, 0.25) is 0 Å². The van der Waals surface area contributed by atoms with Crippen molar-refractivity contribution < 1.29 is 9.18 Å². The number of rotatable bonds is 2. The molecule has 1 aliphatic heterocycles. The highest BCUT2D eigenvalue weighted by Crippen LogP contribution is 2.25. The Morgan fingerprint density at radius 3 is 2.69 bits per heavy atom. The maximum absolute atomic E-state index is 13.0. The van der Waals surface area contributed by atoms with Crippen molar-refractivity contribution in [3.05, 3.63) is 35.6 Å². The van der Waals surface area contributed by atoms with Crippen LogP contribution in [0.1, 0.15) is 23.8 Å². The molecule has 16 heavy (non-hydrogen) atoms. The van der Waals surface area contributed by atoms with Gasteiger partial charge < -0.3 is 4.90 Å². The normalized spacial score (nSPS) is 17.5. The average molecular weight is 242 g/mol. The fraction of sp³-hybridized carbons (Fsp3) is 0.417. The van der Waals surface area contributed by atoms with Crippen LogP contribution in [0.15, 0.2) is 24.3 Å². The Hall–Kier alpha value is -1.09. The molecule has 1 atom stereocenters. The van der Waals surface area contributed by atoms with Gasteiger partial charge >= 0.3 is 0 Å². The SMILES string of the molecule is O=C(C(Cl)c1cccc(F)c1)N1CCCC1. The van der Waals surface area contributed by atoms with Gasteiger partial charge in [-0.05, 0) is 30.5 Å². The molecule has 1 aromatic carbocycles. The third-order valence-corrected chi connectivity index (χ3v) is 3.21. The molecule has 86 valence electrons. The van der Waals surface area contributed by atoms with Gasteiger partial charge in [-0.25, -0.2) is 4.39 Å². The summed E-state index contributed by atoms with van der Waals surface area (Å²) in [6, 6.07) is 5.89. The van der Waals surface area contributed by atoms with Crippen LogP contribution >= 0.6 is 11.6 Å². The summed E-state index contributed by atoms with van der Waals surface area (Å²) in [4.78, 5) is 13.7. The number of hydrogen-bond donors (Lipinski definition) is 0. The van der Waals surface area contributed by atoms with Gasteiger partial charge in [0.05, 0.1) is 0 Å². The number of halogens is 2. The third kappa shape index (κ3) is 2.35. The Bertz CT molecular complexity index is 390. The number of amides is 1.